The van der Waals surface area contributed by atoms with E-state index in [1.165, 1.54) is 0 Å². The molecule has 0 saturated heterocycles. The van der Waals surface area contributed by atoms with Gasteiger partial charge < -0.3 is 15.2 Å². The van der Waals surface area contributed by atoms with Crippen LogP contribution in [0.4, 0.5) is 5.69 Å². The SMILES string of the molecule is N#Cc1cccc(Oc2ccc(NC(=O)C34CC(C(=O)O)(C3)C4)cc2)c1. The van der Waals surface area contributed by atoms with Crippen molar-refractivity contribution in [1.29, 1.82) is 5.26 Å². The van der Waals surface area contributed by atoms with Crippen LogP contribution in [0, 0.1) is 22.2 Å². The molecule has 2 N–H and O–H groups in total. The lowest BCUT2D eigenvalue weighted by Crippen LogP contribution is -2.69. The van der Waals surface area contributed by atoms with Gasteiger partial charge in [0.2, 0.25) is 5.91 Å². The summed E-state index contributed by atoms with van der Waals surface area (Å²) in [5, 5.41) is 20.9. The summed E-state index contributed by atoms with van der Waals surface area (Å²) < 4.78 is 5.70. The standard InChI is InChI=1S/C20H16N2O4/c21-9-13-2-1-3-16(8-13)26-15-6-4-14(5-7-15)22-17(23)19-10-20(11-19,12-19)18(24)25/h1-8H,10-12H2,(H,22,23)(H,24,25). The predicted molar refractivity (Wildman–Crippen MR) is 92.7 cm³/mol. The van der Waals surface area contributed by atoms with Crippen LogP contribution in [-0.2, 0) is 9.59 Å². The first kappa shape index (κ1) is 16.2. The third-order valence-corrected chi connectivity index (χ3v) is 5.28. The number of hydrogen-bond acceptors (Lipinski definition) is 4. The Bertz CT molecular complexity index is 923. The third kappa shape index (κ3) is 2.49. The van der Waals surface area contributed by atoms with Crippen LogP contribution in [0.5, 0.6) is 11.5 Å². The Labute approximate surface area is 150 Å². The molecule has 3 aliphatic rings. The van der Waals surface area contributed by atoms with Crippen molar-refractivity contribution >= 4 is 17.6 Å². The minimum Gasteiger partial charge on any atom is -0.481 e. The minimum atomic E-state index is -0.797. The van der Waals surface area contributed by atoms with Gasteiger partial charge in [-0.15, -0.1) is 0 Å². The van der Waals surface area contributed by atoms with E-state index in [-0.39, 0.29) is 5.91 Å². The topological polar surface area (TPSA) is 99.4 Å². The first-order valence-corrected chi connectivity index (χ1v) is 8.28. The van der Waals surface area contributed by atoms with Crippen molar-refractivity contribution < 1.29 is 19.4 Å². The van der Waals surface area contributed by atoms with E-state index in [9.17, 15) is 9.59 Å². The fourth-order valence-corrected chi connectivity index (χ4v) is 3.89. The van der Waals surface area contributed by atoms with Gasteiger partial charge in [-0.3, -0.25) is 9.59 Å². The number of rotatable bonds is 5. The Hall–Kier alpha value is -3.33. The van der Waals surface area contributed by atoms with Gasteiger partial charge in [-0.2, -0.15) is 5.26 Å². The molecule has 0 spiro atoms. The van der Waals surface area contributed by atoms with Gasteiger partial charge in [0, 0.05) is 5.69 Å². The number of ether oxygens (including phenoxy) is 1. The van der Waals surface area contributed by atoms with E-state index >= 15 is 0 Å². The summed E-state index contributed by atoms with van der Waals surface area (Å²) in [6, 6.07) is 15.8. The number of anilines is 1. The number of benzene rings is 2. The zero-order chi connectivity index (χ0) is 18.4. The normalized spacial score (nSPS) is 25.2. The minimum absolute atomic E-state index is 0.115. The summed E-state index contributed by atoms with van der Waals surface area (Å²) in [6.45, 7) is 0. The van der Waals surface area contributed by atoms with Gasteiger partial charge >= 0.3 is 5.97 Å². The van der Waals surface area contributed by atoms with Gasteiger partial charge in [0.05, 0.1) is 22.5 Å². The van der Waals surface area contributed by atoms with Crippen molar-refractivity contribution in [3.05, 3.63) is 54.1 Å². The Morgan fingerprint density at radius 1 is 1.04 bits per heavy atom. The molecule has 0 atom stereocenters. The van der Waals surface area contributed by atoms with Gasteiger partial charge in [0.1, 0.15) is 11.5 Å². The first-order chi connectivity index (χ1) is 12.4. The van der Waals surface area contributed by atoms with Crippen molar-refractivity contribution in [2.45, 2.75) is 19.3 Å². The number of hydrogen-bond donors (Lipinski definition) is 2. The molecule has 130 valence electrons. The number of carbonyl (C=O) groups is 2. The van der Waals surface area contributed by atoms with E-state index in [0.717, 1.165) is 0 Å². The summed E-state index contributed by atoms with van der Waals surface area (Å²) >= 11 is 0. The van der Waals surface area contributed by atoms with E-state index in [4.69, 9.17) is 15.1 Å². The Morgan fingerprint density at radius 3 is 2.35 bits per heavy atom. The molecule has 3 aliphatic carbocycles. The maximum atomic E-state index is 12.4. The predicted octanol–water partition coefficient (Wildman–Crippen LogP) is 3.54. The van der Waals surface area contributed by atoms with Crippen molar-refractivity contribution in [2.24, 2.45) is 10.8 Å². The molecule has 1 amide bonds. The molecule has 0 unspecified atom stereocenters. The maximum absolute atomic E-state index is 12.4. The number of carbonyl (C=O) groups excluding carboxylic acids is 1. The number of nitrogens with one attached hydrogen (secondary N) is 1. The molecule has 3 fully saturated rings. The van der Waals surface area contributed by atoms with Crippen LogP contribution in [0.2, 0.25) is 0 Å². The fraction of sp³-hybridized carbons (Fsp3) is 0.250. The Morgan fingerprint density at radius 2 is 1.73 bits per heavy atom. The van der Waals surface area contributed by atoms with Gasteiger partial charge in [0.15, 0.2) is 0 Å². The van der Waals surface area contributed by atoms with E-state index in [1.54, 1.807) is 48.5 Å². The molecule has 0 aliphatic heterocycles. The highest BCUT2D eigenvalue weighted by Crippen LogP contribution is 2.73. The second kappa shape index (κ2) is 5.60. The lowest BCUT2D eigenvalue weighted by molar-refractivity contribution is -0.217. The van der Waals surface area contributed by atoms with Crippen molar-refractivity contribution in [3.8, 4) is 17.6 Å². The molecule has 0 heterocycles. The van der Waals surface area contributed by atoms with E-state index in [2.05, 4.69) is 11.4 Å². The van der Waals surface area contributed by atoms with E-state index < -0.39 is 16.8 Å². The monoisotopic (exact) mass is 348 g/mol. The number of aliphatic carboxylic acids is 1. The highest BCUT2D eigenvalue weighted by Gasteiger charge is 2.75. The second-order valence-corrected chi connectivity index (χ2v) is 7.12. The molecule has 6 heteroatoms. The molecule has 6 nitrogen and oxygen atoms in total. The Balaban J connectivity index is 1.37. The van der Waals surface area contributed by atoms with Gasteiger partial charge in [-0.1, -0.05) is 6.07 Å². The highest BCUT2D eigenvalue weighted by atomic mass is 16.5. The van der Waals surface area contributed by atoms with E-state index in [0.29, 0.717) is 42.0 Å². The summed E-state index contributed by atoms with van der Waals surface area (Å²) in [5.74, 6) is 0.243. The summed E-state index contributed by atoms with van der Waals surface area (Å²) in [6.07, 6.45) is 1.28. The zero-order valence-electron chi connectivity index (χ0n) is 13.9. The molecular weight excluding hydrogens is 332 g/mol. The van der Waals surface area contributed by atoms with Crippen molar-refractivity contribution in [1.82, 2.24) is 0 Å². The lowest BCUT2D eigenvalue weighted by Gasteiger charge is -2.66. The summed E-state index contributed by atoms with van der Waals surface area (Å²) in [4.78, 5) is 23.5. The van der Waals surface area contributed by atoms with E-state index in [1.807, 2.05) is 0 Å². The quantitative estimate of drug-likeness (QED) is 0.861. The van der Waals surface area contributed by atoms with Crippen LogP contribution in [-0.4, -0.2) is 17.0 Å². The summed E-state index contributed by atoms with van der Waals surface area (Å²) in [7, 11) is 0. The smallest absolute Gasteiger partial charge is 0.309 e. The number of amides is 1. The first-order valence-electron chi connectivity index (χ1n) is 8.28. The molecule has 26 heavy (non-hydrogen) atoms. The molecule has 0 aromatic heterocycles. The molecule has 0 radical (unpaired) electrons. The van der Waals surface area contributed by atoms with Crippen LogP contribution in [0.25, 0.3) is 0 Å². The van der Waals surface area contributed by atoms with Gasteiger partial charge in [-0.05, 0) is 61.7 Å². The number of nitriles is 1. The molecule has 5 rings (SSSR count). The van der Waals surface area contributed by atoms with Crippen LogP contribution >= 0.6 is 0 Å². The Kier molecular flexibility index (Phi) is 3.48. The second-order valence-electron chi connectivity index (χ2n) is 7.12. The van der Waals surface area contributed by atoms with Gasteiger partial charge in [-0.25, -0.2) is 0 Å². The molecule has 2 aromatic carbocycles. The number of nitrogens with zero attached hydrogens (tertiary/aromatic N) is 1. The van der Waals surface area contributed by atoms with Crippen LogP contribution < -0.4 is 10.1 Å². The zero-order valence-corrected chi connectivity index (χ0v) is 13.9. The molecule has 2 aromatic rings. The molecule has 2 bridgehead atoms. The van der Waals surface area contributed by atoms with Crippen molar-refractivity contribution in [2.75, 3.05) is 5.32 Å². The highest BCUT2D eigenvalue weighted by molar-refractivity contribution is 6.01. The largest absolute Gasteiger partial charge is 0.481 e. The average molecular weight is 348 g/mol. The van der Waals surface area contributed by atoms with Crippen LogP contribution in [0.15, 0.2) is 48.5 Å². The molecular formula is C20H16N2O4. The average Bonchev–Trinajstić information content (AvgIpc) is 2.54. The van der Waals surface area contributed by atoms with Crippen LogP contribution in [0.3, 0.4) is 0 Å². The van der Waals surface area contributed by atoms with Crippen molar-refractivity contribution in [3.63, 3.8) is 0 Å². The molecule has 3 saturated carbocycles. The summed E-state index contributed by atoms with van der Waals surface area (Å²) in [5.41, 5.74) is -0.00975. The number of carboxylic acids is 1. The fourth-order valence-electron chi connectivity index (χ4n) is 3.89. The lowest BCUT2D eigenvalue weighted by atomic mass is 9.35. The van der Waals surface area contributed by atoms with Gasteiger partial charge in [0.25, 0.3) is 0 Å². The maximum Gasteiger partial charge on any atom is 0.309 e. The number of carboxylic acid groups (broad SMARTS) is 1. The third-order valence-electron chi connectivity index (χ3n) is 5.28. The van der Waals surface area contributed by atoms with Crippen LogP contribution in [0.1, 0.15) is 24.8 Å².